The van der Waals surface area contributed by atoms with Gasteiger partial charge in [-0.1, -0.05) is 18.2 Å². The second kappa shape index (κ2) is 7.22. The third-order valence-corrected chi connectivity index (χ3v) is 3.99. The molecule has 0 fully saturated rings. The van der Waals surface area contributed by atoms with Crippen molar-refractivity contribution in [1.29, 1.82) is 0 Å². The summed E-state index contributed by atoms with van der Waals surface area (Å²) in [6.07, 6.45) is 5.89. The van der Waals surface area contributed by atoms with Crippen molar-refractivity contribution in [3.8, 4) is 5.75 Å². The van der Waals surface area contributed by atoms with Crippen molar-refractivity contribution < 1.29 is 13.9 Å². The molecule has 0 unspecified atom stereocenters. The summed E-state index contributed by atoms with van der Waals surface area (Å²) in [5.74, 6) is 0.141. The second-order valence-corrected chi connectivity index (χ2v) is 5.60. The molecule has 3 rings (SSSR count). The van der Waals surface area contributed by atoms with Crippen molar-refractivity contribution >= 4 is 5.91 Å². The monoisotopic (exact) mass is 314 g/mol. The van der Waals surface area contributed by atoms with E-state index in [1.54, 1.807) is 30.5 Å². The highest BCUT2D eigenvalue weighted by Crippen LogP contribution is 2.27. The zero-order valence-electron chi connectivity index (χ0n) is 12.8. The fourth-order valence-electron chi connectivity index (χ4n) is 2.76. The maximum atomic E-state index is 13.5. The third kappa shape index (κ3) is 3.86. The summed E-state index contributed by atoms with van der Waals surface area (Å²) in [6, 6.07) is 8.19. The van der Waals surface area contributed by atoms with Crippen LogP contribution in [0.25, 0.3) is 0 Å². The summed E-state index contributed by atoms with van der Waals surface area (Å²) in [7, 11) is 0. The second-order valence-electron chi connectivity index (χ2n) is 5.60. The lowest BCUT2D eigenvalue weighted by Gasteiger charge is -2.18. The largest absolute Gasteiger partial charge is 0.483 e. The van der Waals surface area contributed by atoms with Gasteiger partial charge in [0.15, 0.2) is 6.61 Å². The number of ether oxygens (including phenoxy) is 1. The Kier molecular flexibility index (Phi) is 4.86. The number of hydrogen-bond donors (Lipinski definition) is 1. The maximum Gasteiger partial charge on any atom is 0.258 e. The van der Waals surface area contributed by atoms with Gasteiger partial charge in [-0.05, 0) is 37.8 Å². The Labute approximate surface area is 134 Å². The molecular formula is C18H19FN2O2. The SMILES string of the molecule is O=C(COc1ccnc2c1CCCC2)NCc1ccccc1F. The van der Waals surface area contributed by atoms with Crippen LogP contribution in [0.2, 0.25) is 0 Å². The van der Waals surface area contributed by atoms with Crippen molar-refractivity contribution in [3.05, 3.63) is 59.2 Å². The fourth-order valence-corrected chi connectivity index (χ4v) is 2.76. The normalized spacial score (nSPS) is 13.3. The smallest absolute Gasteiger partial charge is 0.258 e. The van der Waals surface area contributed by atoms with Crippen molar-refractivity contribution in [2.75, 3.05) is 6.61 Å². The van der Waals surface area contributed by atoms with Crippen molar-refractivity contribution in [1.82, 2.24) is 10.3 Å². The molecule has 1 aromatic carbocycles. The predicted molar refractivity (Wildman–Crippen MR) is 84.6 cm³/mol. The van der Waals surface area contributed by atoms with Crippen LogP contribution in [-0.2, 0) is 24.2 Å². The van der Waals surface area contributed by atoms with Gasteiger partial charge in [-0.15, -0.1) is 0 Å². The summed E-state index contributed by atoms with van der Waals surface area (Å²) >= 11 is 0. The van der Waals surface area contributed by atoms with Gasteiger partial charge < -0.3 is 10.1 Å². The molecule has 0 saturated carbocycles. The number of fused-ring (bicyclic) bond motifs is 1. The molecule has 0 spiro atoms. The minimum Gasteiger partial charge on any atom is -0.483 e. The van der Waals surface area contributed by atoms with Gasteiger partial charge in [0.1, 0.15) is 11.6 Å². The van der Waals surface area contributed by atoms with Crippen LogP contribution in [0.5, 0.6) is 5.75 Å². The molecule has 23 heavy (non-hydrogen) atoms. The zero-order chi connectivity index (χ0) is 16.1. The lowest BCUT2D eigenvalue weighted by Crippen LogP contribution is -2.29. The molecule has 0 radical (unpaired) electrons. The Morgan fingerprint density at radius 2 is 2.04 bits per heavy atom. The number of carbonyl (C=O) groups excluding carboxylic acids is 1. The summed E-state index contributed by atoms with van der Waals surface area (Å²) in [5.41, 5.74) is 2.64. The number of nitrogens with one attached hydrogen (secondary N) is 1. The van der Waals surface area contributed by atoms with Gasteiger partial charge in [0.05, 0.1) is 0 Å². The highest BCUT2D eigenvalue weighted by molar-refractivity contribution is 5.77. The molecule has 1 N–H and O–H groups in total. The molecule has 0 saturated heterocycles. The molecule has 1 aliphatic carbocycles. The van der Waals surface area contributed by atoms with E-state index < -0.39 is 0 Å². The third-order valence-electron chi connectivity index (χ3n) is 3.99. The van der Waals surface area contributed by atoms with Gasteiger partial charge in [-0.25, -0.2) is 4.39 Å². The van der Waals surface area contributed by atoms with E-state index in [0.717, 1.165) is 42.7 Å². The van der Waals surface area contributed by atoms with Crippen LogP contribution < -0.4 is 10.1 Å². The average Bonchev–Trinajstić information content (AvgIpc) is 2.59. The van der Waals surface area contributed by atoms with Crippen molar-refractivity contribution in [3.63, 3.8) is 0 Å². The number of benzene rings is 1. The lowest BCUT2D eigenvalue weighted by molar-refractivity contribution is -0.123. The molecule has 4 nitrogen and oxygen atoms in total. The predicted octanol–water partition coefficient (Wildman–Crippen LogP) is 2.79. The van der Waals surface area contributed by atoms with E-state index in [1.165, 1.54) is 6.07 Å². The molecule has 5 heteroatoms. The minimum atomic E-state index is -0.322. The number of nitrogens with zero attached hydrogens (tertiary/aromatic N) is 1. The van der Waals surface area contributed by atoms with E-state index in [2.05, 4.69) is 10.3 Å². The quantitative estimate of drug-likeness (QED) is 0.923. The first kappa shape index (κ1) is 15.5. The van der Waals surface area contributed by atoms with Crippen LogP contribution in [0, 0.1) is 5.82 Å². The summed E-state index contributed by atoms with van der Waals surface area (Å²) in [6.45, 7) is 0.0776. The Morgan fingerprint density at radius 1 is 1.22 bits per heavy atom. The van der Waals surface area contributed by atoms with E-state index in [0.29, 0.717) is 5.56 Å². The van der Waals surface area contributed by atoms with Gasteiger partial charge in [0.25, 0.3) is 5.91 Å². The number of carbonyl (C=O) groups is 1. The molecule has 1 heterocycles. The summed E-state index contributed by atoms with van der Waals surface area (Å²) in [4.78, 5) is 16.3. The van der Waals surface area contributed by atoms with Gasteiger partial charge in [0.2, 0.25) is 0 Å². The van der Waals surface area contributed by atoms with Gasteiger partial charge >= 0.3 is 0 Å². The first-order valence-corrected chi connectivity index (χ1v) is 7.83. The Balaban J connectivity index is 1.54. The van der Waals surface area contributed by atoms with Crippen molar-refractivity contribution in [2.24, 2.45) is 0 Å². The molecule has 0 atom stereocenters. The van der Waals surface area contributed by atoms with E-state index in [9.17, 15) is 9.18 Å². The number of aryl methyl sites for hydroxylation is 1. The number of halogens is 1. The molecule has 1 aromatic heterocycles. The molecular weight excluding hydrogens is 295 g/mol. The van der Waals surface area contributed by atoms with Crippen LogP contribution in [0.1, 0.15) is 29.7 Å². The molecule has 120 valence electrons. The van der Waals surface area contributed by atoms with Crippen LogP contribution in [0.4, 0.5) is 4.39 Å². The van der Waals surface area contributed by atoms with Crippen molar-refractivity contribution in [2.45, 2.75) is 32.2 Å². The highest BCUT2D eigenvalue weighted by Gasteiger charge is 2.15. The van der Waals surface area contributed by atoms with Crippen LogP contribution >= 0.6 is 0 Å². The zero-order valence-corrected chi connectivity index (χ0v) is 12.8. The summed E-state index contributed by atoms with van der Waals surface area (Å²) in [5, 5.41) is 2.67. The van der Waals surface area contributed by atoms with E-state index in [4.69, 9.17) is 4.74 Å². The Bertz CT molecular complexity index is 703. The standard InChI is InChI=1S/C18H19FN2O2/c19-15-7-3-1-5-13(15)11-21-18(22)12-23-17-9-10-20-16-8-4-2-6-14(16)17/h1,3,5,7,9-10H,2,4,6,8,11-12H2,(H,21,22). The van der Waals surface area contributed by atoms with Gasteiger partial charge in [-0.3, -0.25) is 9.78 Å². The molecule has 1 aliphatic rings. The highest BCUT2D eigenvalue weighted by atomic mass is 19.1. The number of amides is 1. The number of hydrogen-bond acceptors (Lipinski definition) is 3. The fraction of sp³-hybridized carbons (Fsp3) is 0.333. The first-order valence-electron chi connectivity index (χ1n) is 7.83. The molecule has 0 bridgehead atoms. The van der Waals surface area contributed by atoms with Crippen LogP contribution in [0.15, 0.2) is 36.5 Å². The Hall–Kier alpha value is -2.43. The molecule has 0 aliphatic heterocycles. The number of aromatic nitrogens is 1. The first-order chi connectivity index (χ1) is 11.2. The molecule has 2 aromatic rings. The number of pyridine rings is 1. The Morgan fingerprint density at radius 3 is 2.91 bits per heavy atom. The van der Waals surface area contributed by atoms with Crippen LogP contribution in [-0.4, -0.2) is 17.5 Å². The van der Waals surface area contributed by atoms with Gasteiger partial charge in [-0.2, -0.15) is 0 Å². The average molecular weight is 314 g/mol. The lowest BCUT2D eigenvalue weighted by atomic mass is 9.95. The van der Waals surface area contributed by atoms with E-state index in [1.807, 2.05) is 0 Å². The molecule has 1 amide bonds. The minimum absolute atomic E-state index is 0.0785. The maximum absolute atomic E-state index is 13.5. The van der Waals surface area contributed by atoms with Crippen LogP contribution in [0.3, 0.4) is 0 Å². The van der Waals surface area contributed by atoms with Gasteiger partial charge in [0, 0.05) is 29.6 Å². The number of rotatable bonds is 5. The topological polar surface area (TPSA) is 51.2 Å². The van der Waals surface area contributed by atoms with E-state index in [-0.39, 0.29) is 24.9 Å². The van der Waals surface area contributed by atoms with E-state index >= 15 is 0 Å². The summed E-state index contributed by atoms with van der Waals surface area (Å²) < 4.78 is 19.1.